The second-order valence-corrected chi connectivity index (χ2v) is 9.32. The highest BCUT2D eigenvalue weighted by molar-refractivity contribution is 9.10. The normalized spacial score (nSPS) is 10.4. The Kier molecular flexibility index (Phi) is 9.64. The smallest absolute Gasteiger partial charge is 0.306 e. The number of rotatable bonds is 10. The molecule has 0 aliphatic carbocycles. The summed E-state index contributed by atoms with van der Waals surface area (Å²) in [6.45, 7) is 5.43. The third-order valence-corrected chi connectivity index (χ3v) is 6.18. The Morgan fingerprint density at radius 1 is 0.778 bits per heavy atom. The van der Waals surface area contributed by atoms with Gasteiger partial charge in [0.25, 0.3) is 5.91 Å². The Bertz CT molecular complexity index is 1220. The van der Waals surface area contributed by atoms with Crippen molar-refractivity contribution in [3.8, 4) is 11.5 Å². The Balaban J connectivity index is 1.34. The van der Waals surface area contributed by atoms with Gasteiger partial charge in [0.15, 0.2) is 6.61 Å². The number of ether oxygens (including phenoxy) is 2. The number of nitrogens with one attached hydrogen (secondary N) is 2. The average Bonchev–Trinajstić information content (AvgIpc) is 2.84. The highest BCUT2D eigenvalue weighted by Crippen LogP contribution is 2.25. The summed E-state index contributed by atoms with van der Waals surface area (Å²) in [5.41, 5.74) is 4.34. The lowest BCUT2D eigenvalue weighted by Gasteiger charge is -2.11. The van der Waals surface area contributed by atoms with Crippen molar-refractivity contribution < 1.29 is 23.9 Å². The summed E-state index contributed by atoms with van der Waals surface area (Å²) in [6.07, 6.45) is 0.507. The molecule has 0 atom stereocenters. The fourth-order valence-corrected chi connectivity index (χ4v) is 3.74. The number of amides is 2. The largest absolute Gasteiger partial charge is 0.457 e. The molecule has 36 heavy (non-hydrogen) atoms. The number of halogens is 1. The predicted octanol–water partition coefficient (Wildman–Crippen LogP) is 6.46. The fraction of sp³-hybridized carbons (Fsp3) is 0.250. The molecule has 3 aromatic rings. The molecule has 0 aromatic heterocycles. The third kappa shape index (κ3) is 8.53. The van der Waals surface area contributed by atoms with Crippen LogP contribution < -0.4 is 15.4 Å². The zero-order chi connectivity index (χ0) is 26.1. The van der Waals surface area contributed by atoms with Crippen molar-refractivity contribution in [1.82, 2.24) is 0 Å². The minimum absolute atomic E-state index is 0.0421. The molecule has 7 nitrogen and oxygen atoms in total. The zero-order valence-corrected chi connectivity index (χ0v) is 22.1. The molecule has 2 amide bonds. The van der Waals surface area contributed by atoms with Gasteiger partial charge in [0, 0.05) is 28.7 Å². The van der Waals surface area contributed by atoms with Crippen molar-refractivity contribution in [3.05, 3.63) is 81.8 Å². The molecule has 0 aliphatic rings. The molecule has 0 heterocycles. The highest BCUT2D eigenvalue weighted by Gasteiger charge is 2.11. The van der Waals surface area contributed by atoms with E-state index in [9.17, 15) is 14.4 Å². The van der Waals surface area contributed by atoms with Gasteiger partial charge in [0.1, 0.15) is 11.5 Å². The van der Waals surface area contributed by atoms with Crippen molar-refractivity contribution in [2.45, 2.75) is 40.0 Å². The van der Waals surface area contributed by atoms with Crippen molar-refractivity contribution in [1.29, 1.82) is 0 Å². The standard InChI is InChI=1S/C28H29BrN2O5/c1-18-7-11-22(12-8-18)36-23-13-9-21(10-14-23)30-26(32)5-4-6-28(34)35-17-27(33)31-25-16-19(2)24(29)15-20(25)3/h7-16H,4-6,17H2,1-3H3,(H,30,32)(H,31,33). The molecule has 0 aliphatic heterocycles. The van der Waals surface area contributed by atoms with Gasteiger partial charge in [-0.15, -0.1) is 0 Å². The number of hydrogen-bond donors (Lipinski definition) is 2. The van der Waals surface area contributed by atoms with E-state index in [4.69, 9.17) is 9.47 Å². The first-order chi connectivity index (χ1) is 17.2. The number of aryl methyl sites for hydroxylation is 3. The quantitative estimate of drug-likeness (QED) is 0.281. The molecule has 3 aromatic carbocycles. The number of benzene rings is 3. The average molecular weight is 553 g/mol. The van der Waals surface area contributed by atoms with E-state index in [-0.39, 0.29) is 25.4 Å². The van der Waals surface area contributed by atoms with E-state index in [0.717, 1.165) is 26.9 Å². The third-order valence-electron chi connectivity index (χ3n) is 5.32. The summed E-state index contributed by atoms with van der Waals surface area (Å²) in [4.78, 5) is 36.3. The van der Waals surface area contributed by atoms with Crippen LogP contribution in [0.2, 0.25) is 0 Å². The Hall–Kier alpha value is -3.65. The van der Waals surface area contributed by atoms with E-state index >= 15 is 0 Å². The Labute approximate surface area is 219 Å². The van der Waals surface area contributed by atoms with Gasteiger partial charge >= 0.3 is 5.97 Å². The van der Waals surface area contributed by atoms with Crippen LogP contribution in [0.15, 0.2) is 65.1 Å². The van der Waals surface area contributed by atoms with Crippen molar-refractivity contribution in [2.24, 2.45) is 0 Å². The zero-order valence-electron chi connectivity index (χ0n) is 20.5. The Morgan fingerprint density at radius 3 is 2.08 bits per heavy atom. The van der Waals surface area contributed by atoms with Gasteiger partial charge in [-0.05, 0) is 86.8 Å². The maximum atomic E-state index is 12.2. The first-order valence-electron chi connectivity index (χ1n) is 11.6. The van der Waals surface area contributed by atoms with Gasteiger partial charge in [0.2, 0.25) is 5.91 Å². The maximum absolute atomic E-state index is 12.2. The van der Waals surface area contributed by atoms with Crippen molar-refractivity contribution >= 4 is 45.1 Å². The SMILES string of the molecule is Cc1ccc(Oc2ccc(NC(=O)CCCC(=O)OCC(=O)Nc3cc(C)c(Br)cc3C)cc2)cc1. The maximum Gasteiger partial charge on any atom is 0.306 e. The lowest BCUT2D eigenvalue weighted by molar-refractivity contribution is -0.147. The minimum Gasteiger partial charge on any atom is -0.457 e. The molecular weight excluding hydrogens is 524 g/mol. The molecule has 0 radical (unpaired) electrons. The van der Waals surface area contributed by atoms with E-state index in [1.165, 1.54) is 0 Å². The van der Waals surface area contributed by atoms with E-state index in [0.29, 0.717) is 23.5 Å². The second kappa shape index (κ2) is 12.9. The van der Waals surface area contributed by atoms with Crippen LogP contribution in [-0.4, -0.2) is 24.4 Å². The fourth-order valence-electron chi connectivity index (χ4n) is 3.29. The molecule has 2 N–H and O–H groups in total. The van der Waals surface area contributed by atoms with Crippen LogP contribution >= 0.6 is 15.9 Å². The highest BCUT2D eigenvalue weighted by atomic mass is 79.9. The first-order valence-corrected chi connectivity index (χ1v) is 12.4. The topological polar surface area (TPSA) is 93.7 Å². The molecule has 0 saturated heterocycles. The van der Waals surface area contributed by atoms with Crippen LogP contribution in [0.3, 0.4) is 0 Å². The van der Waals surface area contributed by atoms with Crippen LogP contribution in [0.1, 0.15) is 36.0 Å². The monoisotopic (exact) mass is 552 g/mol. The van der Waals surface area contributed by atoms with Gasteiger partial charge in [-0.1, -0.05) is 33.6 Å². The lowest BCUT2D eigenvalue weighted by Crippen LogP contribution is -2.21. The summed E-state index contributed by atoms with van der Waals surface area (Å²) >= 11 is 3.45. The molecule has 3 rings (SSSR count). The predicted molar refractivity (Wildman–Crippen MR) is 143 cm³/mol. The van der Waals surface area contributed by atoms with Gasteiger partial charge in [-0.3, -0.25) is 14.4 Å². The van der Waals surface area contributed by atoms with Gasteiger partial charge in [0.05, 0.1) is 0 Å². The van der Waals surface area contributed by atoms with Crippen LogP contribution in [0.4, 0.5) is 11.4 Å². The van der Waals surface area contributed by atoms with Crippen LogP contribution in [0, 0.1) is 20.8 Å². The van der Waals surface area contributed by atoms with Crippen LogP contribution in [-0.2, 0) is 19.1 Å². The minimum atomic E-state index is -0.528. The lowest BCUT2D eigenvalue weighted by atomic mass is 10.1. The number of hydrogen-bond acceptors (Lipinski definition) is 5. The second-order valence-electron chi connectivity index (χ2n) is 8.47. The van der Waals surface area contributed by atoms with E-state index in [1.807, 2.05) is 57.2 Å². The number of esters is 1. The summed E-state index contributed by atoms with van der Waals surface area (Å²) in [5.74, 6) is 0.239. The molecule has 0 saturated carbocycles. The van der Waals surface area contributed by atoms with Crippen molar-refractivity contribution in [2.75, 3.05) is 17.2 Å². The Morgan fingerprint density at radius 2 is 1.42 bits per heavy atom. The number of anilines is 2. The molecule has 0 fully saturated rings. The molecule has 0 bridgehead atoms. The molecule has 0 spiro atoms. The van der Waals surface area contributed by atoms with Gasteiger partial charge < -0.3 is 20.1 Å². The van der Waals surface area contributed by atoms with Gasteiger partial charge in [-0.2, -0.15) is 0 Å². The summed E-state index contributed by atoms with van der Waals surface area (Å²) in [5, 5.41) is 5.54. The van der Waals surface area contributed by atoms with Crippen LogP contribution in [0.25, 0.3) is 0 Å². The summed E-state index contributed by atoms with van der Waals surface area (Å²) < 4.78 is 11.8. The van der Waals surface area contributed by atoms with E-state index < -0.39 is 11.9 Å². The van der Waals surface area contributed by atoms with Gasteiger partial charge in [-0.25, -0.2) is 0 Å². The number of carbonyl (C=O) groups excluding carboxylic acids is 3. The van der Waals surface area contributed by atoms with Crippen LogP contribution in [0.5, 0.6) is 11.5 Å². The van der Waals surface area contributed by atoms with Crippen molar-refractivity contribution in [3.63, 3.8) is 0 Å². The molecule has 8 heteroatoms. The summed E-state index contributed by atoms with van der Waals surface area (Å²) in [6, 6.07) is 18.5. The number of carbonyl (C=O) groups is 3. The molecule has 188 valence electrons. The summed E-state index contributed by atoms with van der Waals surface area (Å²) in [7, 11) is 0. The van der Waals surface area contributed by atoms with E-state index in [1.54, 1.807) is 24.3 Å². The molecule has 0 unspecified atom stereocenters. The first kappa shape index (κ1) is 26.9. The van der Waals surface area contributed by atoms with E-state index in [2.05, 4.69) is 26.6 Å². The molecular formula is C28H29BrN2O5.